The number of amides is 1. The van der Waals surface area contributed by atoms with E-state index in [0.717, 1.165) is 45.4 Å². The SMILES string of the molecule is CCn1ncc(CN2CCCCCNC(=O)CC2c2ccccc2)c1C. The molecule has 0 saturated carbocycles. The Kier molecular flexibility index (Phi) is 6.45. The predicted octanol–water partition coefficient (Wildman–Crippen LogP) is 3.44. The topological polar surface area (TPSA) is 50.2 Å². The van der Waals surface area contributed by atoms with Crippen molar-refractivity contribution in [2.24, 2.45) is 0 Å². The first-order valence-corrected chi connectivity index (χ1v) is 9.76. The quantitative estimate of drug-likeness (QED) is 0.915. The Morgan fingerprint density at radius 1 is 1.19 bits per heavy atom. The van der Waals surface area contributed by atoms with Crippen LogP contribution in [0.25, 0.3) is 0 Å². The van der Waals surface area contributed by atoms with Crippen LogP contribution < -0.4 is 5.32 Å². The molecule has 0 radical (unpaired) electrons. The van der Waals surface area contributed by atoms with Crippen molar-refractivity contribution in [1.29, 1.82) is 0 Å². The summed E-state index contributed by atoms with van der Waals surface area (Å²) in [4.78, 5) is 14.9. The monoisotopic (exact) mass is 354 g/mol. The smallest absolute Gasteiger partial charge is 0.221 e. The van der Waals surface area contributed by atoms with Crippen LogP contribution in [0.4, 0.5) is 0 Å². The Labute approximate surface area is 156 Å². The van der Waals surface area contributed by atoms with Gasteiger partial charge in [0.25, 0.3) is 0 Å². The highest BCUT2D eigenvalue weighted by molar-refractivity contribution is 5.76. The first kappa shape index (κ1) is 18.6. The molecule has 1 saturated heterocycles. The first-order valence-electron chi connectivity index (χ1n) is 9.76. The fourth-order valence-electron chi connectivity index (χ4n) is 3.75. The summed E-state index contributed by atoms with van der Waals surface area (Å²) in [5.41, 5.74) is 3.69. The standard InChI is InChI=1S/C21H30N4O/c1-3-25-17(2)19(15-23-25)16-24-13-9-5-8-12-22-21(26)14-20(24)18-10-6-4-7-11-18/h4,6-7,10-11,15,20H,3,5,8-9,12-14,16H2,1-2H3,(H,22,26). The van der Waals surface area contributed by atoms with Crippen molar-refractivity contribution in [3.63, 3.8) is 0 Å². The molecule has 0 spiro atoms. The number of aryl methyl sites for hydroxylation is 1. The third-order valence-electron chi connectivity index (χ3n) is 5.33. The maximum Gasteiger partial charge on any atom is 0.221 e. The lowest BCUT2D eigenvalue weighted by atomic mass is 9.99. The van der Waals surface area contributed by atoms with Crippen LogP contribution in [-0.4, -0.2) is 33.7 Å². The second-order valence-electron chi connectivity index (χ2n) is 7.08. The molecule has 1 amide bonds. The zero-order valence-electron chi connectivity index (χ0n) is 15.9. The molecule has 1 aromatic heterocycles. The van der Waals surface area contributed by atoms with E-state index in [1.54, 1.807) is 0 Å². The van der Waals surface area contributed by atoms with E-state index in [2.05, 4.69) is 53.4 Å². The molecular weight excluding hydrogens is 324 g/mol. The van der Waals surface area contributed by atoms with Gasteiger partial charge in [0.2, 0.25) is 5.91 Å². The first-order chi connectivity index (χ1) is 12.7. The van der Waals surface area contributed by atoms with Crippen LogP contribution in [-0.2, 0) is 17.9 Å². The number of hydrogen-bond acceptors (Lipinski definition) is 3. The van der Waals surface area contributed by atoms with Gasteiger partial charge in [-0.05, 0) is 38.8 Å². The van der Waals surface area contributed by atoms with E-state index in [9.17, 15) is 4.79 Å². The molecule has 5 heteroatoms. The molecule has 1 atom stereocenters. The number of nitrogens with zero attached hydrogens (tertiary/aromatic N) is 3. The van der Waals surface area contributed by atoms with Gasteiger partial charge in [0, 0.05) is 43.4 Å². The van der Waals surface area contributed by atoms with Crippen LogP contribution in [0, 0.1) is 6.92 Å². The molecule has 1 aromatic carbocycles. The Morgan fingerprint density at radius 2 is 2.00 bits per heavy atom. The third kappa shape index (κ3) is 4.52. The van der Waals surface area contributed by atoms with Crippen LogP contribution in [0.2, 0.25) is 0 Å². The minimum Gasteiger partial charge on any atom is -0.356 e. The van der Waals surface area contributed by atoms with E-state index in [0.29, 0.717) is 6.42 Å². The van der Waals surface area contributed by atoms with Crippen LogP contribution in [0.1, 0.15) is 55.5 Å². The molecule has 0 bridgehead atoms. The zero-order valence-corrected chi connectivity index (χ0v) is 15.9. The van der Waals surface area contributed by atoms with Crippen LogP contribution in [0.15, 0.2) is 36.5 Å². The molecule has 2 heterocycles. The van der Waals surface area contributed by atoms with Crippen molar-refractivity contribution >= 4 is 5.91 Å². The molecule has 2 aromatic rings. The molecule has 3 rings (SSSR count). The maximum absolute atomic E-state index is 12.4. The van der Waals surface area contributed by atoms with E-state index in [-0.39, 0.29) is 11.9 Å². The molecular formula is C21H30N4O. The lowest BCUT2D eigenvalue weighted by molar-refractivity contribution is -0.122. The van der Waals surface area contributed by atoms with Gasteiger partial charge < -0.3 is 5.32 Å². The Morgan fingerprint density at radius 3 is 2.73 bits per heavy atom. The van der Waals surface area contributed by atoms with E-state index in [4.69, 9.17) is 0 Å². The lowest BCUT2D eigenvalue weighted by Gasteiger charge is -2.32. The summed E-state index contributed by atoms with van der Waals surface area (Å²) in [6.07, 6.45) is 5.85. The molecule has 1 unspecified atom stereocenters. The summed E-state index contributed by atoms with van der Waals surface area (Å²) in [5, 5.41) is 7.58. The van der Waals surface area contributed by atoms with Crippen molar-refractivity contribution < 1.29 is 4.79 Å². The Hall–Kier alpha value is -2.14. The van der Waals surface area contributed by atoms with Gasteiger partial charge in [-0.1, -0.05) is 36.8 Å². The summed E-state index contributed by atoms with van der Waals surface area (Å²) in [6, 6.07) is 10.5. The van der Waals surface area contributed by atoms with Crippen LogP contribution in [0.3, 0.4) is 0 Å². The summed E-state index contributed by atoms with van der Waals surface area (Å²) in [7, 11) is 0. The lowest BCUT2D eigenvalue weighted by Crippen LogP contribution is -2.36. The molecule has 1 N–H and O–H groups in total. The van der Waals surface area contributed by atoms with Crippen LogP contribution >= 0.6 is 0 Å². The van der Waals surface area contributed by atoms with Crippen molar-refractivity contribution in [3.05, 3.63) is 53.3 Å². The van der Waals surface area contributed by atoms with Gasteiger partial charge in [-0.15, -0.1) is 0 Å². The summed E-state index contributed by atoms with van der Waals surface area (Å²) in [6.45, 7) is 7.77. The van der Waals surface area contributed by atoms with Gasteiger partial charge in [0.1, 0.15) is 0 Å². The maximum atomic E-state index is 12.4. The highest BCUT2D eigenvalue weighted by Crippen LogP contribution is 2.28. The molecule has 140 valence electrons. The van der Waals surface area contributed by atoms with E-state index in [1.165, 1.54) is 16.8 Å². The van der Waals surface area contributed by atoms with Crippen LogP contribution in [0.5, 0.6) is 0 Å². The number of hydrogen-bond donors (Lipinski definition) is 1. The highest BCUT2D eigenvalue weighted by Gasteiger charge is 2.25. The van der Waals surface area contributed by atoms with Gasteiger partial charge in [-0.3, -0.25) is 14.4 Å². The van der Waals surface area contributed by atoms with Crippen molar-refractivity contribution in [2.75, 3.05) is 13.1 Å². The number of benzene rings is 1. The van der Waals surface area contributed by atoms with Gasteiger partial charge in [0.15, 0.2) is 0 Å². The van der Waals surface area contributed by atoms with E-state index >= 15 is 0 Å². The number of aromatic nitrogens is 2. The molecule has 5 nitrogen and oxygen atoms in total. The minimum absolute atomic E-state index is 0.0960. The summed E-state index contributed by atoms with van der Waals surface area (Å²) < 4.78 is 2.04. The fourth-order valence-corrected chi connectivity index (χ4v) is 3.75. The Balaban J connectivity index is 1.88. The largest absolute Gasteiger partial charge is 0.356 e. The zero-order chi connectivity index (χ0) is 18.4. The van der Waals surface area contributed by atoms with Gasteiger partial charge in [0.05, 0.1) is 6.20 Å². The van der Waals surface area contributed by atoms with E-state index in [1.807, 2.05) is 16.9 Å². The predicted molar refractivity (Wildman–Crippen MR) is 104 cm³/mol. The third-order valence-corrected chi connectivity index (χ3v) is 5.33. The van der Waals surface area contributed by atoms with Gasteiger partial charge in [-0.25, -0.2) is 0 Å². The second kappa shape index (κ2) is 8.99. The molecule has 1 fully saturated rings. The summed E-state index contributed by atoms with van der Waals surface area (Å²) in [5.74, 6) is 0.145. The van der Waals surface area contributed by atoms with E-state index < -0.39 is 0 Å². The number of nitrogens with one attached hydrogen (secondary N) is 1. The van der Waals surface area contributed by atoms with Crippen molar-refractivity contribution in [3.8, 4) is 0 Å². The van der Waals surface area contributed by atoms with Crippen molar-refractivity contribution in [2.45, 2.75) is 58.7 Å². The van der Waals surface area contributed by atoms with Gasteiger partial charge in [-0.2, -0.15) is 5.10 Å². The minimum atomic E-state index is 0.0960. The molecule has 1 aliphatic heterocycles. The number of carbonyl (C=O) groups excluding carboxylic acids is 1. The fraction of sp³-hybridized carbons (Fsp3) is 0.524. The molecule has 1 aliphatic rings. The van der Waals surface area contributed by atoms with Gasteiger partial charge >= 0.3 is 0 Å². The van der Waals surface area contributed by atoms with Crippen molar-refractivity contribution in [1.82, 2.24) is 20.0 Å². The Bertz CT molecular complexity index is 710. The number of carbonyl (C=O) groups is 1. The average molecular weight is 354 g/mol. The normalized spacial score (nSPS) is 19.9. The second-order valence-corrected chi connectivity index (χ2v) is 7.08. The molecule has 0 aliphatic carbocycles. The number of rotatable bonds is 4. The highest BCUT2D eigenvalue weighted by atomic mass is 16.1. The molecule has 26 heavy (non-hydrogen) atoms. The summed E-state index contributed by atoms with van der Waals surface area (Å²) >= 11 is 0. The average Bonchev–Trinajstić information content (AvgIpc) is 3.02.